The summed E-state index contributed by atoms with van der Waals surface area (Å²) in [4.78, 5) is 0. The molecule has 2 heterocycles. The van der Waals surface area contributed by atoms with Gasteiger partial charge in [0.15, 0.2) is 0 Å². The fourth-order valence-corrected chi connectivity index (χ4v) is 4.34. The average molecular weight is 190 g/mol. The summed E-state index contributed by atoms with van der Waals surface area (Å²) in [7, 11) is -0.179. The zero-order valence-electron chi connectivity index (χ0n) is 7.47. The third-order valence-corrected chi connectivity index (χ3v) is 5.16. The van der Waals surface area contributed by atoms with E-state index in [0.717, 1.165) is 0 Å². The zero-order valence-corrected chi connectivity index (χ0v) is 8.37. The Labute approximate surface area is 79.2 Å². The van der Waals surface area contributed by atoms with Crippen LogP contribution in [-0.2, 0) is 4.74 Å². The predicted octanol–water partition coefficient (Wildman–Crippen LogP) is 2.44. The molecule has 1 fully saturated rings. The quantitative estimate of drug-likeness (QED) is 0.489. The lowest BCUT2D eigenvalue weighted by Gasteiger charge is -2.07. The van der Waals surface area contributed by atoms with Gasteiger partial charge in [0.25, 0.3) is 0 Å². The lowest BCUT2D eigenvalue weighted by atomic mass is 10.2. The van der Waals surface area contributed by atoms with E-state index < -0.39 is 0 Å². The normalized spacial score (nSPS) is 40.4. The number of benzene rings is 1. The van der Waals surface area contributed by atoms with Gasteiger partial charge in [-0.05, 0) is 26.2 Å². The minimum absolute atomic E-state index is 0.0849. The zero-order chi connectivity index (χ0) is 8.89. The largest absolute Gasteiger partial charge is 0.356 e. The van der Waals surface area contributed by atoms with Gasteiger partial charge in [0.1, 0.15) is 11.4 Å². The Kier molecular flexibility index (Phi) is 1.45. The summed E-state index contributed by atoms with van der Waals surface area (Å²) in [6, 6.07) is 10.7. The van der Waals surface area contributed by atoms with Gasteiger partial charge in [0.2, 0.25) is 0 Å². The van der Waals surface area contributed by atoms with E-state index in [1.807, 2.05) is 0 Å². The third-order valence-electron chi connectivity index (χ3n) is 2.67. The van der Waals surface area contributed by atoms with Crippen LogP contribution in [0.15, 0.2) is 42.2 Å². The maximum atomic E-state index is 5.65. The van der Waals surface area contributed by atoms with Crippen molar-refractivity contribution in [1.29, 1.82) is 0 Å². The molecule has 1 saturated heterocycles. The molecule has 0 spiro atoms. The summed E-state index contributed by atoms with van der Waals surface area (Å²) < 4.78 is 5.65. The summed E-state index contributed by atoms with van der Waals surface area (Å²) in [6.45, 7) is 2.17. The van der Waals surface area contributed by atoms with Crippen LogP contribution in [-0.4, -0.2) is 11.4 Å². The molecule has 1 aromatic carbocycles. The van der Waals surface area contributed by atoms with E-state index in [1.54, 1.807) is 0 Å². The molecule has 0 N–H and O–H groups in total. The number of fused-ring (bicyclic) bond motifs is 1. The summed E-state index contributed by atoms with van der Waals surface area (Å²) in [5.41, 5.74) is 0.0849. The van der Waals surface area contributed by atoms with E-state index in [1.165, 1.54) is 5.30 Å². The van der Waals surface area contributed by atoms with Gasteiger partial charge in [0, 0.05) is 0 Å². The smallest absolute Gasteiger partial charge is 0.118 e. The molecule has 2 aliphatic rings. The Balaban J connectivity index is 1.94. The molecule has 3 unspecified atom stereocenters. The van der Waals surface area contributed by atoms with Crippen molar-refractivity contribution in [3.05, 3.63) is 42.2 Å². The van der Waals surface area contributed by atoms with Gasteiger partial charge in [-0.1, -0.05) is 36.1 Å². The van der Waals surface area contributed by atoms with Crippen molar-refractivity contribution < 1.29 is 4.74 Å². The predicted molar refractivity (Wildman–Crippen MR) is 55.4 cm³/mol. The molecular weight excluding hydrogens is 179 g/mol. The average Bonchev–Trinajstić information content (AvgIpc) is 2.71. The topological polar surface area (TPSA) is 12.5 Å². The van der Waals surface area contributed by atoms with Crippen LogP contribution in [0.4, 0.5) is 0 Å². The number of ether oxygens (including phenoxy) is 1. The molecular formula is C11H11OP. The first kappa shape index (κ1) is 7.73. The molecule has 0 aromatic heterocycles. The second-order valence-electron chi connectivity index (χ2n) is 3.71. The number of epoxide rings is 1. The molecule has 13 heavy (non-hydrogen) atoms. The summed E-state index contributed by atoms with van der Waals surface area (Å²) >= 11 is 0. The molecule has 2 aliphatic heterocycles. The van der Waals surface area contributed by atoms with Gasteiger partial charge in [-0.15, -0.1) is 0 Å². The molecule has 1 nitrogen and oxygen atoms in total. The highest BCUT2D eigenvalue weighted by Gasteiger charge is 2.57. The van der Waals surface area contributed by atoms with E-state index in [2.05, 4.69) is 49.1 Å². The molecule has 0 amide bonds. The van der Waals surface area contributed by atoms with Crippen LogP contribution >= 0.6 is 7.92 Å². The molecule has 1 aromatic rings. The maximum Gasteiger partial charge on any atom is 0.118 e. The Bertz CT molecular complexity index is 360. The Morgan fingerprint density at radius 1 is 1.31 bits per heavy atom. The van der Waals surface area contributed by atoms with Crippen molar-refractivity contribution in [2.75, 3.05) is 0 Å². The van der Waals surface area contributed by atoms with Crippen LogP contribution in [0.25, 0.3) is 0 Å². The monoisotopic (exact) mass is 190 g/mol. The van der Waals surface area contributed by atoms with Gasteiger partial charge < -0.3 is 4.74 Å². The highest BCUT2D eigenvalue weighted by atomic mass is 31.1. The molecule has 66 valence electrons. The van der Waals surface area contributed by atoms with Gasteiger partial charge in [-0.25, -0.2) is 0 Å². The first-order chi connectivity index (χ1) is 6.30. The molecule has 3 rings (SSSR count). The number of hydrogen-bond acceptors (Lipinski definition) is 1. The molecule has 0 saturated carbocycles. The Morgan fingerprint density at radius 2 is 2.08 bits per heavy atom. The van der Waals surface area contributed by atoms with E-state index >= 15 is 0 Å². The Morgan fingerprint density at radius 3 is 2.62 bits per heavy atom. The maximum absolute atomic E-state index is 5.65. The third kappa shape index (κ3) is 1.08. The van der Waals surface area contributed by atoms with Crippen LogP contribution in [0.2, 0.25) is 0 Å². The van der Waals surface area contributed by atoms with Crippen LogP contribution in [0.1, 0.15) is 6.92 Å². The van der Waals surface area contributed by atoms with Crippen molar-refractivity contribution in [3.8, 4) is 0 Å². The molecule has 2 heteroatoms. The second kappa shape index (κ2) is 2.43. The van der Waals surface area contributed by atoms with Crippen LogP contribution in [0.3, 0.4) is 0 Å². The molecule has 3 atom stereocenters. The summed E-state index contributed by atoms with van der Waals surface area (Å²) in [5, 5.41) is 1.43. The summed E-state index contributed by atoms with van der Waals surface area (Å²) in [6.07, 6.45) is 2.22. The van der Waals surface area contributed by atoms with Crippen molar-refractivity contribution in [2.45, 2.75) is 18.4 Å². The van der Waals surface area contributed by atoms with Crippen molar-refractivity contribution in [3.63, 3.8) is 0 Å². The standard InChI is InChI=1S/C11H11OP/c1-11-7-8-13(10(11)12-11)9-5-3-2-4-6-9/h2-8,10H,1H3. The Hall–Kier alpha value is -0.650. The van der Waals surface area contributed by atoms with E-state index in [9.17, 15) is 0 Å². The van der Waals surface area contributed by atoms with Gasteiger partial charge in [-0.3, -0.25) is 0 Å². The highest BCUT2D eigenvalue weighted by Crippen LogP contribution is 2.64. The van der Waals surface area contributed by atoms with Crippen molar-refractivity contribution >= 4 is 13.2 Å². The first-order valence-corrected chi connectivity index (χ1v) is 5.98. The minimum atomic E-state index is -0.179. The lowest BCUT2D eigenvalue weighted by Crippen LogP contribution is -2.03. The first-order valence-electron chi connectivity index (χ1n) is 4.50. The fraction of sp³-hybridized carbons (Fsp3) is 0.273. The van der Waals surface area contributed by atoms with Crippen LogP contribution in [0, 0.1) is 0 Å². The molecule has 0 radical (unpaired) electrons. The van der Waals surface area contributed by atoms with Crippen LogP contribution in [0.5, 0.6) is 0 Å². The second-order valence-corrected chi connectivity index (χ2v) is 5.81. The lowest BCUT2D eigenvalue weighted by molar-refractivity contribution is 0.361. The van der Waals surface area contributed by atoms with Gasteiger partial charge in [-0.2, -0.15) is 0 Å². The summed E-state index contributed by atoms with van der Waals surface area (Å²) in [5.74, 6) is 2.80. The van der Waals surface area contributed by atoms with E-state index in [0.29, 0.717) is 5.85 Å². The van der Waals surface area contributed by atoms with E-state index in [4.69, 9.17) is 4.74 Å². The van der Waals surface area contributed by atoms with Gasteiger partial charge >= 0.3 is 0 Å². The SMILES string of the molecule is CC12C=CP(c3ccccc3)C1O2. The number of rotatable bonds is 1. The minimum Gasteiger partial charge on any atom is -0.356 e. The molecule has 0 aliphatic carbocycles. The van der Waals surface area contributed by atoms with Gasteiger partial charge in [0.05, 0.1) is 0 Å². The highest BCUT2D eigenvalue weighted by molar-refractivity contribution is 7.69. The number of hydrogen-bond donors (Lipinski definition) is 0. The van der Waals surface area contributed by atoms with Crippen LogP contribution < -0.4 is 5.30 Å². The fourth-order valence-electron chi connectivity index (χ4n) is 1.79. The molecule has 0 bridgehead atoms. The van der Waals surface area contributed by atoms with E-state index in [-0.39, 0.29) is 13.5 Å². The van der Waals surface area contributed by atoms with Crippen molar-refractivity contribution in [2.24, 2.45) is 0 Å². The van der Waals surface area contributed by atoms with Crippen molar-refractivity contribution in [1.82, 2.24) is 0 Å².